The quantitative estimate of drug-likeness (QED) is 0.313. The molecular formula is C17H17NO7. The van der Waals surface area contributed by atoms with E-state index >= 15 is 0 Å². The molecule has 0 radical (unpaired) electrons. The van der Waals surface area contributed by atoms with Crippen LogP contribution in [-0.4, -0.2) is 38.3 Å². The van der Waals surface area contributed by atoms with Crippen LogP contribution in [-0.2, 0) is 4.74 Å². The van der Waals surface area contributed by atoms with Crippen LogP contribution in [0.2, 0.25) is 0 Å². The van der Waals surface area contributed by atoms with Crippen molar-refractivity contribution in [1.29, 1.82) is 0 Å². The summed E-state index contributed by atoms with van der Waals surface area (Å²) in [6, 6.07) is 10.8. The van der Waals surface area contributed by atoms with Crippen LogP contribution in [0.25, 0.3) is 0 Å². The van der Waals surface area contributed by atoms with E-state index in [1.807, 2.05) is 0 Å². The van der Waals surface area contributed by atoms with E-state index in [2.05, 4.69) is 0 Å². The highest BCUT2D eigenvalue weighted by Gasteiger charge is 2.18. The van der Waals surface area contributed by atoms with E-state index in [4.69, 9.17) is 18.9 Å². The van der Waals surface area contributed by atoms with Crippen molar-refractivity contribution in [2.45, 2.75) is 0 Å². The second kappa shape index (κ2) is 8.53. The van der Waals surface area contributed by atoms with Crippen LogP contribution in [0.4, 0.5) is 5.69 Å². The second-order valence-corrected chi connectivity index (χ2v) is 4.80. The molecule has 0 saturated heterocycles. The molecule has 0 heterocycles. The highest BCUT2D eigenvalue weighted by atomic mass is 16.6. The number of nitro benzene ring substituents is 1. The Bertz CT molecular complexity index is 743. The molecule has 0 spiro atoms. The van der Waals surface area contributed by atoms with Crippen molar-refractivity contribution in [3.05, 3.63) is 58.1 Å². The Hall–Kier alpha value is -3.29. The fourth-order valence-corrected chi connectivity index (χ4v) is 2.01. The SMILES string of the molecule is COc1ccc(OCCOC(=O)c2ccc(OC)c([N+](=O)[O-])c2)cc1. The standard InChI is InChI=1S/C17H17NO7/c1-22-13-4-6-14(7-5-13)24-9-10-25-17(19)12-3-8-16(23-2)15(11-12)18(20)21/h3-8,11H,9-10H2,1-2H3. The van der Waals surface area contributed by atoms with E-state index < -0.39 is 10.9 Å². The van der Waals surface area contributed by atoms with Crippen molar-refractivity contribution >= 4 is 11.7 Å². The third kappa shape index (κ3) is 4.84. The van der Waals surface area contributed by atoms with Gasteiger partial charge in [-0.1, -0.05) is 0 Å². The summed E-state index contributed by atoms with van der Waals surface area (Å²) < 4.78 is 20.4. The molecular weight excluding hydrogens is 330 g/mol. The highest BCUT2D eigenvalue weighted by molar-refractivity contribution is 5.90. The molecule has 2 rings (SSSR count). The van der Waals surface area contributed by atoms with E-state index in [1.165, 1.54) is 19.2 Å². The van der Waals surface area contributed by atoms with Gasteiger partial charge in [-0.25, -0.2) is 4.79 Å². The first-order valence-electron chi connectivity index (χ1n) is 7.31. The molecule has 0 fully saturated rings. The molecule has 0 bridgehead atoms. The van der Waals surface area contributed by atoms with Gasteiger partial charge in [0.2, 0.25) is 0 Å². The lowest BCUT2D eigenvalue weighted by Gasteiger charge is -2.08. The van der Waals surface area contributed by atoms with E-state index in [9.17, 15) is 14.9 Å². The first-order chi connectivity index (χ1) is 12.0. The lowest BCUT2D eigenvalue weighted by Crippen LogP contribution is -2.12. The minimum Gasteiger partial charge on any atom is -0.497 e. The van der Waals surface area contributed by atoms with Crippen molar-refractivity contribution in [1.82, 2.24) is 0 Å². The Kier molecular flexibility index (Phi) is 6.16. The summed E-state index contributed by atoms with van der Waals surface area (Å²) in [6.45, 7) is 0.154. The number of rotatable bonds is 8. The Labute approximate surface area is 144 Å². The molecule has 0 amide bonds. The molecule has 0 atom stereocenters. The Morgan fingerprint density at radius 2 is 1.68 bits per heavy atom. The number of carbonyl (C=O) groups excluding carboxylic acids is 1. The van der Waals surface area contributed by atoms with Gasteiger partial charge < -0.3 is 18.9 Å². The maximum Gasteiger partial charge on any atom is 0.338 e. The van der Waals surface area contributed by atoms with Gasteiger partial charge in [-0.15, -0.1) is 0 Å². The molecule has 2 aromatic rings. The van der Waals surface area contributed by atoms with Gasteiger partial charge in [-0.3, -0.25) is 10.1 Å². The summed E-state index contributed by atoms with van der Waals surface area (Å²) in [5.41, 5.74) is -0.233. The average molecular weight is 347 g/mol. The predicted molar refractivity (Wildman–Crippen MR) is 88.4 cm³/mol. The van der Waals surface area contributed by atoms with E-state index in [0.29, 0.717) is 11.5 Å². The molecule has 8 nitrogen and oxygen atoms in total. The lowest BCUT2D eigenvalue weighted by molar-refractivity contribution is -0.385. The van der Waals surface area contributed by atoms with Gasteiger partial charge in [-0.05, 0) is 36.4 Å². The molecule has 8 heteroatoms. The fraction of sp³-hybridized carbons (Fsp3) is 0.235. The van der Waals surface area contributed by atoms with Crippen molar-refractivity contribution in [3.8, 4) is 17.2 Å². The van der Waals surface area contributed by atoms with E-state index in [0.717, 1.165) is 6.07 Å². The molecule has 0 aliphatic rings. The van der Waals surface area contributed by atoms with Crippen LogP contribution in [0.3, 0.4) is 0 Å². The van der Waals surface area contributed by atoms with Crippen LogP contribution in [0.5, 0.6) is 17.2 Å². The normalized spacial score (nSPS) is 10.0. The molecule has 132 valence electrons. The van der Waals surface area contributed by atoms with Crippen LogP contribution in [0.15, 0.2) is 42.5 Å². The van der Waals surface area contributed by atoms with Gasteiger partial charge in [0.05, 0.1) is 24.7 Å². The van der Waals surface area contributed by atoms with Gasteiger partial charge >= 0.3 is 11.7 Å². The Morgan fingerprint density at radius 1 is 1.00 bits per heavy atom. The number of hydrogen-bond acceptors (Lipinski definition) is 7. The van der Waals surface area contributed by atoms with Crippen molar-refractivity contribution in [2.24, 2.45) is 0 Å². The number of nitro groups is 1. The van der Waals surface area contributed by atoms with E-state index in [-0.39, 0.29) is 30.2 Å². The van der Waals surface area contributed by atoms with E-state index in [1.54, 1.807) is 31.4 Å². The molecule has 0 saturated carbocycles. The molecule has 0 aliphatic carbocycles. The first kappa shape index (κ1) is 18.1. The predicted octanol–water partition coefficient (Wildman–Crippen LogP) is 2.85. The maximum absolute atomic E-state index is 12.0. The van der Waals surface area contributed by atoms with Crippen LogP contribution in [0.1, 0.15) is 10.4 Å². The van der Waals surface area contributed by atoms with Crippen LogP contribution in [0, 0.1) is 10.1 Å². The molecule has 25 heavy (non-hydrogen) atoms. The molecule has 2 aromatic carbocycles. The number of methoxy groups -OCH3 is 2. The third-order valence-electron chi connectivity index (χ3n) is 3.26. The third-order valence-corrected chi connectivity index (χ3v) is 3.26. The topological polar surface area (TPSA) is 97.1 Å². The minimum absolute atomic E-state index is 0.00465. The molecule has 0 aromatic heterocycles. The smallest absolute Gasteiger partial charge is 0.338 e. The fourth-order valence-electron chi connectivity index (χ4n) is 2.01. The van der Waals surface area contributed by atoms with Crippen LogP contribution >= 0.6 is 0 Å². The van der Waals surface area contributed by atoms with Crippen molar-refractivity contribution in [3.63, 3.8) is 0 Å². The summed E-state index contributed by atoms with van der Waals surface area (Å²) in [5.74, 6) is 0.713. The van der Waals surface area contributed by atoms with Crippen molar-refractivity contribution in [2.75, 3.05) is 27.4 Å². The highest BCUT2D eigenvalue weighted by Crippen LogP contribution is 2.27. The minimum atomic E-state index is -0.677. The Balaban J connectivity index is 1.87. The number of hydrogen-bond donors (Lipinski definition) is 0. The first-order valence-corrected chi connectivity index (χ1v) is 7.31. The second-order valence-electron chi connectivity index (χ2n) is 4.80. The summed E-state index contributed by atoms with van der Waals surface area (Å²) in [4.78, 5) is 22.3. The number of benzene rings is 2. The largest absolute Gasteiger partial charge is 0.497 e. The zero-order chi connectivity index (χ0) is 18.2. The molecule has 0 N–H and O–H groups in total. The lowest BCUT2D eigenvalue weighted by atomic mass is 10.2. The summed E-state index contributed by atoms with van der Waals surface area (Å²) in [5, 5.41) is 11.0. The molecule has 0 aliphatic heterocycles. The number of nitrogens with zero attached hydrogens (tertiary/aromatic N) is 1. The number of esters is 1. The number of ether oxygens (including phenoxy) is 4. The van der Waals surface area contributed by atoms with Gasteiger partial charge in [0.15, 0.2) is 5.75 Å². The maximum atomic E-state index is 12.0. The van der Waals surface area contributed by atoms with Gasteiger partial charge in [0, 0.05) is 6.07 Å². The van der Waals surface area contributed by atoms with Crippen molar-refractivity contribution < 1.29 is 28.7 Å². The summed E-state index contributed by atoms with van der Waals surface area (Å²) >= 11 is 0. The molecule has 0 unspecified atom stereocenters. The summed E-state index contributed by atoms with van der Waals surface area (Å²) in [6.07, 6.45) is 0. The van der Waals surface area contributed by atoms with Crippen LogP contribution < -0.4 is 14.2 Å². The summed E-state index contributed by atoms with van der Waals surface area (Å²) in [7, 11) is 2.88. The zero-order valence-electron chi connectivity index (χ0n) is 13.8. The van der Waals surface area contributed by atoms with Gasteiger partial charge in [0.25, 0.3) is 0 Å². The Morgan fingerprint density at radius 3 is 2.28 bits per heavy atom. The van der Waals surface area contributed by atoms with Gasteiger partial charge in [-0.2, -0.15) is 0 Å². The zero-order valence-corrected chi connectivity index (χ0v) is 13.8. The monoisotopic (exact) mass is 347 g/mol. The average Bonchev–Trinajstić information content (AvgIpc) is 2.64. The van der Waals surface area contributed by atoms with Gasteiger partial charge in [0.1, 0.15) is 24.7 Å². The number of carbonyl (C=O) groups is 1.